The van der Waals surface area contributed by atoms with Crippen molar-refractivity contribution in [3.63, 3.8) is 0 Å². The fourth-order valence-corrected chi connectivity index (χ4v) is 4.11. The van der Waals surface area contributed by atoms with Gasteiger partial charge in [-0.05, 0) is 49.1 Å². The van der Waals surface area contributed by atoms with Crippen LogP contribution in [0.15, 0.2) is 42.7 Å². The Morgan fingerprint density at radius 1 is 0.949 bits per heavy atom. The van der Waals surface area contributed by atoms with Gasteiger partial charge in [0.1, 0.15) is 0 Å². The van der Waals surface area contributed by atoms with Gasteiger partial charge in [-0.2, -0.15) is 26.3 Å². The van der Waals surface area contributed by atoms with Crippen LogP contribution in [-0.2, 0) is 27.5 Å². The predicted octanol–water partition coefficient (Wildman–Crippen LogP) is 3.53. The van der Waals surface area contributed by atoms with Crippen LogP contribution in [0.25, 0.3) is 0 Å². The van der Waals surface area contributed by atoms with E-state index in [-0.39, 0.29) is 5.92 Å². The van der Waals surface area contributed by atoms with Gasteiger partial charge in [-0.15, -0.1) is 0 Å². The second-order valence-electron chi connectivity index (χ2n) is 8.84. The molecule has 2 fully saturated rings. The number of aryl methyl sites for hydroxylation is 1. The number of amides is 1. The van der Waals surface area contributed by atoms with Crippen LogP contribution < -0.4 is 0 Å². The summed E-state index contributed by atoms with van der Waals surface area (Å²) in [6.07, 6.45) is -5.49. The molecule has 0 aliphatic carbocycles. The van der Waals surface area contributed by atoms with Crippen LogP contribution in [0.4, 0.5) is 26.3 Å². The summed E-state index contributed by atoms with van der Waals surface area (Å²) in [6, 6.07) is 10.1. The van der Waals surface area contributed by atoms with Crippen molar-refractivity contribution in [2.45, 2.75) is 38.8 Å². The highest BCUT2D eigenvalue weighted by atomic mass is 19.4. The van der Waals surface area contributed by atoms with E-state index in [1.165, 1.54) is 0 Å². The molecular formula is C24H26F6N4O5. The maximum Gasteiger partial charge on any atom is 0.490 e. The second-order valence-corrected chi connectivity index (χ2v) is 8.84. The standard InChI is InChI=1S/C20H24N4O.2C2HF3O2/c1-15-3-2-4-18(22-15)13-23-12-17-7-10-24(20(25)19(17)14-23)11-16-5-8-21-9-6-16;2*3-2(4,5)1(6)7/h2-6,8-9,17,19H,7,10-14H2,1H3;2*(H,6,7). The molecule has 4 heterocycles. The fraction of sp³-hybridized carbons (Fsp3) is 0.458. The minimum Gasteiger partial charge on any atom is -0.475 e. The number of piperidine rings is 1. The van der Waals surface area contributed by atoms with Crippen LogP contribution in [0.5, 0.6) is 0 Å². The molecule has 2 aromatic heterocycles. The largest absolute Gasteiger partial charge is 0.490 e. The molecule has 2 aliphatic rings. The third-order valence-corrected chi connectivity index (χ3v) is 5.85. The molecular weight excluding hydrogens is 538 g/mol. The van der Waals surface area contributed by atoms with Crippen molar-refractivity contribution in [1.29, 1.82) is 0 Å². The molecule has 39 heavy (non-hydrogen) atoms. The zero-order chi connectivity index (χ0) is 29.4. The van der Waals surface area contributed by atoms with Gasteiger partial charge in [0.15, 0.2) is 0 Å². The van der Waals surface area contributed by atoms with Gasteiger partial charge in [-0.3, -0.25) is 19.7 Å². The molecule has 0 aromatic carbocycles. The third-order valence-electron chi connectivity index (χ3n) is 5.85. The number of alkyl halides is 6. The minimum absolute atomic E-state index is 0.139. The molecule has 2 aromatic rings. The van der Waals surface area contributed by atoms with Crippen LogP contribution in [0, 0.1) is 18.8 Å². The van der Waals surface area contributed by atoms with Gasteiger partial charge in [0, 0.05) is 50.8 Å². The van der Waals surface area contributed by atoms with Crippen LogP contribution >= 0.6 is 0 Å². The second kappa shape index (κ2) is 13.4. The monoisotopic (exact) mass is 564 g/mol. The molecule has 2 atom stereocenters. The number of carbonyl (C=O) groups is 3. The number of aliphatic carboxylic acids is 2. The molecule has 0 saturated carbocycles. The number of carboxylic acid groups (broad SMARTS) is 2. The SMILES string of the molecule is Cc1cccc(CN2CC3CCN(Cc4ccncc4)C(=O)C3C2)n1.O=C(O)C(F)(F)F.O=C(O)C(F)(F)F. The smallest absolute Gasteiger partial charge is 0.475 e. The van der Waals surface area contributed by atoms with Crippen LogP contribution in [0.1, 0.15) is 23.4 Å². The Kier molecular flexibility index (Phi) is 10.8. The molecule has 2 saturated heterocycles. The summed E-state index contributed by atoms with van der Waals surface area (Å²) in [5.41, 5.74) is 3.30. The Bertz CT molecular complexity index is 1110. The molecule has 2 N–H and O–H groups in total. The maximum absolute atomic E-state index is 12.9. The first-order chi connectivity index (χ1) is 18.1. The van der Waals surface area contributed by atoms with Crippen molar-refractivity contribution in [2.24, 2.45) is 11.8 Å². The average Bonchev–Trinajstić information content (AvgIpc) is 3.24. The summed E-state index contributed by atoms with van der Waals surface area (Å²) in [7, 11) is 0. The van der Waals surface area contributed by atoms with Gasteiger partial charge in [0.05, 0.1) is 11.6 Å². The van der Waals surface area contributed by atoms with Gasteiger partial charge in [-0.1, -0.05) is 6.07 Å². The van der Waals surface area contributed by atoms with Crippen molar-refractivity contribution in [3.05, 3.63) is 59.7 Å². The Morgan fingerprint density at radius 3 is 2.03 bits per heavy atom. The summed E-state index contributed by atoms with van der Waals surface area (Å²) in [5, 5.41) is 14.2. The maximum atomic E-state index is 12.9. The van der Waals surface area contributed by atoms with E-state index >= 15 is 0 Å². The van der Waals surface area contributed by atoms with Gasteiger partial charge in [0.25, 0.3) is 0 Å². The Balaban J connectivity index is 0.000000317. The molecule has 9 nitrogen and oxygen atoms in total. The van der Waals surface area contributed by atoms with E-state index in [9.17, 15) is 31.1 Å². The number of rotatable bonds is 4. The number of nitrogens with zero attached hydrogens (tertiary/aromatic N) is 4. The van der Waals surface area contributed by atoms with E-state index in [1.807, 2.05) is 30.0 Å². The molecule has 0 bridgehead atoms. The number of aromatic nitrogens is 2. The summed E-state index contributed by atoms with van der Waals surface area (Å²) in [4.78, 5) is 43.8. The van der Waals surface area contributed by atoms with Crippen molar-refractivity contribution < 1.29 is 50.9 Å². The van der Waals surface area contributed by atoms with E-state index in [0.29, 0.717) is 18.4 Å². The molecule has 214 valence electrons. The number of halogens is 6. The van der Waals surface area contributed by atoms with Gasteiger partial charge in [0.2, 0.25) is 5.91 Å². The van der Waals surface area contributed by atoms with Gasteiger partial charge < -0.3 is 15.1 Å². The van der Waals surface area contributed by atoms with Gasteiger partial charge in [-0.25, -0.2) is 9.59 Å². The number of carbonyl (C=O) groups excluding carboxylic acids is 1. The lowest BCUT2D eigenvalue weighted by Crippen LogP contribution is -2.44. The van der Waals surface area contributed by atoms with Crippen LogP contribution in [0.2, 0.25) is 0 Å². The lowest BCUT2D eigenvalue weighted by Gasteiger charge is -2.34. The normalized spacial score (nSPS) is 19.3. The Morgan fingerprint density at radius 2 is 1.51 bits per heavy atom. The first-order valence-corrected chi connectivity index (χ1v) is 11.5. The zero-order valence-corrected chi connectivity index (χ0v) is 20.6. The molecule has 0 spiro atoms. The predicted molar refractivity (Wildman–Crippen MR) is 123 cm³/mol. The zero-order valence-electron chi connectivity index (χ0n) is 20.6. The summed E-state index contributed by atoms with van der Waals surface area (Å²) in [5.74, 6) is -4.57. The van der Waals surface area contributed by atoms with E-state index in [0.717, 1.165) is 49.6 Å². The summed E-state index contributed by atoms with van der Waals surface area (Å²) in [6.45, 7) is 6.28. The van der Waals surface area contributed by atoms with Crippen molar-refractivity contribution in [1.82, 2.24) is 19.8 Å². The Labute approximate surface area is 219 Å². The Hall–Kier alpha value is -3.75. The molecule has 0 radical (unpaired) electrons. The van der Waals surface area contributed by atoms with E-state index in [4.69, 9.17) is 19.8 Å². The number of hydrogen-bond donors (Lipinski definition) is 2. The van der Waals surface area contributed by atoms with E-state index < -0.39 is 24.3 Å². The number of carboxylic acids is 2. The molecule has 15 heteroatoms. The minimum atomic E-state index is -5.08. The highest BCUT2D eigenvalue weighted by Crippen LogP contribution is 2.33. The van der Waals surface area contributed by atoms with Crippen molar-refractivity contribution in [2.75, 3.05) is 19.6 Å². The molecule has 4 rings (SSSR count). The number of likely N-dealkylation sites (tertiary alicyclic amines) is 2. The average molecular weight is 564 g/mol. The molecule has 2 aliphatic heterocycles. The lowest BCUT2D eigenvalue weighted by molar-refractivity contribution is -0.193. The number of pyridine rings is 2. The highest BCUT2D eigenvalue weighted by Gasteiger charge is 2.42. The first-order valence-electron chi connectivity index (χ1n) is 11.5. The van der Waals surface area contributed by atoms with E-state index in [2.05, 4.69) is 27.0 Å². The lowest BCUT2D eigenvalue weighted by atomic mass is 9.88. The summed E-state index contributed by atoms with van der Waals surface area (Å²) < 4.78 is 63.5. The van der Waals surface area contributed by atoms with E-state index in [1.54, 1.807) is 12.4 Å². The molecule has 2 unspecified atom stereocenters. The van der Waals surface area contributed by atoms with Crippen LogP contribution in [0.3, 0.4) is 0 Å². The quantitative estimate of drug-likeness (QED) is 0.541. The van der Waals surface area contributed by atoms with Crippen LogP contribution in [-0.4, -0.2) is 79.8 Å². The van der Waals surface area contributed by atoms with Crippen molar-refractivity contribution >= 4 is 17.8 Å². The summed E-state index contributed by atoms with van der Waals surface area (Å²) >= 11 is 0. The van der Waals surface area contributed by atoms with Crippen molar-refractivity contribution in [3.8, 4) is 0 Å². The topological polar surface area (TPSA) is 124 Å². The number of hydrogen-bond acceptors (Lipinski definition) is 6. The number of fused-ring (bicyclic) bond motifs is 1. The van der Waals surface area contributed by atoms with Gasteiger partial charge >= 0.3 is 24.3 Å². The molecule has 1 amide bonds. The third kappa shape index (κ3) is 10.1. The fourth-order valence-electron chi connectivity index (χ4n) is 4.11. The highest BCUT2D eigenvalue weighted by molar-refractivity contribution is 5.80. The first kappa shape index (κ1) is 31.5.